The average molecular weight is 340 g/mol. The summed E-state index contributed by atoms with van der Waals surface area (Å²) in [4.78, 5) is 33.1. The molecule has 0 aliphatic carbocycles. The Balaban J connectivity index is 1.79. The highest BCUT2D eigenvalue weighted by atomic mass is 16.4. The van der Waals surface area contributed by atoms with Crippen LogP contribution in [-0.4, -0.2) is 36.5 Å². The maximum absolute atomic E-state index is 12.1. The lowest BCUT2D eigenvalue weighted by Gasteiger charge is -2.07. The van der Waals surface area contributed by atoms with Crippen LogP contribution in [0.25, 0.3) is 0 Å². The van der Waals surface area contributed by atoms with E-state index < -0.39 is 5.97 Å². The van der Waals surface area contributed by atoms with Gasteiger partial charge in [0, 0.05) is 18.7 Å². The predicted molar refractivity (Wildman–Crippen MR) is 93.7 cm³/mol. The molecule has 2 rings (SSSR count). The minimum Gasteiger partial charge on any atom is -0.478 e. The van der Waals surface area contributed by atoms with Gasteiger partial charge in [0.15, 0.2) is 0 Å². The molecule has 0 radical (unpaired) electrons. The summed E-state index contributed by atoms with van der Waals surface area (Å²) in [6.07, 6.45) is 2.01. The topological polar surface area (TPSA) is 95.5 Å². The Morgan fingerprint density at radius 1 is 0.840 bits per heavy atom. The molecule has 0 bridgehead atoms. The molecule has 0 saturated carbocycles. The van der Waals surface area contributed by atoms with Gasteiger partial charge in [0.05, 0.1) is 5.56 Å². The van der Waals surface area contributed by atoms with E-state index in [9.17, 15) is 14.4 Å². The van der Waals surface area contributed by atoms with E-state index in [-0.39, 0.29) is 11.5 Å². The molecule has 3 N–H and O–H groups in total. The van der Waals surface area contributed by atoms with Crippen LogP contribution in [0.3, 0.4) is 0 Å². The van der Waals surface area contributed by atoms with Crippen LogP contribution in [0.1, 0.15) is 31.8 Å². The van der Waals surface area contributed by atoms with Gasteiger partial charge in [0.1, 0.15) is 0 Å². The van der Waals surface area contributed by atoms with Crippen LogP contribution in [0, 0.1) is 0 Å². The minimum absolute atomic E-state index is 0.153. The van der Waals surface area contributed by atoms with Gasteiger partial charge in [0.25, 0.3) is 5.91 Å². The van der Waals surface area contributed by atoms with Gasteiger partial charge < -0.3 is 15.7 Å². The number of carboxylic acids is 1. The number of carbonyl (C=O) groups is 3. The summed E-state index contributed by atoms with van der Waals surface area (Å²) < 4.78 is 0. The van der Waals surface area contributed by atoms with Crippen LogP contribution >= 0.6 is 0 Å². The molecular formula is C19H20N2O4. The molecular weight excluding hydrogens is 320 g/mol. The molecule has 2 aromatic rings. The van der Waals surface area contributed by atoms with E-state index in [1.165, 1.54) is 0 Å². The normalized spacial score (nSPS) is 10.1. The van der Waals surface area contributed by atoms with E-state index in [0.29, 0.717) is 37.9 Å². The van der Waals surface area contributed by atoms with Crippen LogP contribution in [0.5, 0.6) is 0 Å². The van der Waals surface area contributed by atoms with Crippen molar-refractivity contribution in [3.63, 3.8) is 0 Å². The first kappa shape index (κ1) is 18.2. The van der Waals surface area contributed by atoms with Crippen molar-refractivity contribution in [2.75, 3.05) is 13.1 Å². The summed E-state index contributed by atoms with van der Waals surface area (Å²) in [5, 5.41) is 14.3. The second-order valence-corrected chi connectivity index (χ2v) is 5.53. The zero-order valence-corrected chi connectivity index (χ0v) is 13.7. The monoisotopic (exact) mass is 340 g/mol. The van der Waals surface area contributed by atoms with Gasteiger partial charge in [-0.15, -0.1) is 0 Å². The number of benzene rings is 2. The Labute approximate surface area is 145 Å². The highest BCUT2D eigenvalue weighted by molar-refractivity contribution is 5.94. The third-order valence-corrected chi connectivity index (χ3v) is 3.76. The molecule has 130 valence electrons. The molecule has 0 aromatic heterocycles. The van der Waals surface area contributed by atoms with Crippen LogP contribution in [-0.2, 0) is 17.6 Å². The first-order valence-electron chi connectivity index (χ1n) is 7.96. The van der Waals surface area contributed by atoms with E-state index in [4.69, 9.17) is 5.11 Å². The Morgan fingerprint density at radius 3 is 1.88 bits per heavy atom. The summed E-state index contributed by atoms with van der Waals surface area (Å²) in [5.74, 6) is -1.11. The lowest BCUT2D eigenvalue weighted by Crippen LogP contribution is -2.25. The molecule has 0 fully saturated rings. The lowest BCUT2D eigenvalue weighted by molar-refractivity contribution is -0.109. The van der Waals surface area contributed by atoms with Gasteiger partial charge in [-0.2, -0.15) is 0 Å². The molecule has 0 aliphatic heterocycles. The summed E-state index contributed by atoms with van der Waals surface area (Å²) in [5.41, 5.74) is 2.83. The number of hydrogen-bond donors (Lipinski definition) is 3. The average Bonchev–Trinajstić information content (AvgIpc) is 2.63. The fourth-order valence-corrected chi connectivity index (χ4v) is 2.33. The summed E-state index contributed by atoms with van der Waals surface area (Å²) >= 11 is 0. The van der Waals surface area contributed by atoms with Crippen molar-refractivity contribution in [2.24, 2.45) is 0 Å². The Hall–Kier alpha value is -3.15. The highest BCUT2D eigenvalue weighted by Crippen LogP contribution is 2.07. The number of carbonyl (C=O) groups excluding carboxylic acids is 2. The fourth-order valence-electron chi connectivity index (χ4n) is 2.33. The Morgan fingerprint density at radius 2 is 1.36 bits per heavy atom. The van der Waals surface area contributed by atoms with E-state index in [1.807, 2.05) is 12.1 Å². The number of rotatable bonds is 9. The molecule has 25 heavy (non-hydrogen) atoms. The van der Waals surface area contributed by atoms with Crippen molar-refractivity contribution in [3.8, 4) is 0 Å². The second kappa shape index (κ2) is 9.22. The third kappa shape index (κ3) is 5.76. The largest absolute Gasteiger partial charge is 0.478 e. The number of nitrogens with one attached hydrogen (secondary N) is 2. The van der Waals surface area contributed by atoms with Crippen molar-refractivity contribution in [2.45, 2.75) is 12.8 Å². The second-order valence-electron chi connectivity index (χ2n) is 5.53. The molecule has 6 heteroatoms. The maximum Gasteiger partial charge on any atom is 0.335 e. The molecule has 0 unspecified atom stereocenters. The van der Waals surface area contributed by atoms with Crippen molar-refractivity contribution >= 4 is 18.3 Å². The molecule has 0 atom stereocenters. The van der Waals surface area contributed by atoms with E-state index in [0.717, 1.165) is 11.1 Å². The third-order valence-electron chi connectivity index (χ3n) is 3.76. The number of aromatic carboxylic acids is 1. The number of carboxylic acid groups (broad SMARTS) is 1. The zero-order chi connectivity index (χ0) is 18.1. The minimum atomic E-state index is -0.953. The van der Waals surface area contributed by atoms with Crippen LogP contribution in [0.15, 0.2) is 48.5 Å². The van der Waals surface area contributed by atoms with Crippen LogP contribution in [0.4, 0.5) is 0 Å². The quantitative estimate of drug-likeness (QED) is 0.478. The number of hydrogen-bond acceptors (Lipinski definition) is 3. The lowest BCUT2D eigenvalue weighted by atomic mass is 10.1. The molecule has 2 amide bonds. The van der Waals surface area contributed by atoms with E-state index >= 15 is 0 Å². The molecule has 0 spiro atoms. The van der Waals surface area contributed by atoms with E-state index in [1.54, 1.807) is 36.4 Å². The summed E-state index contributed by atoms with van der Waals surface area (Å²) in [6, 6.07) is 13.9. The van der Waals surface area contributed by atoms with Gasteiger partial charge in [-0.05, 0) is 48.2 Å². The Kier molecular flexibility index (Phi) is 6.71. The molecule has 2 aromatic carbocycles. The number of amides is 2. The maximum atomic E-state index is 12.1. The fraction of sp³-hybridized carbons (Fsp3) is 0.211. The van der Waals surface area contributed by atoms with Gasteiger partial charge in [-0.1, -0.05) is 24.3 Å². The van der Waals surface area contributed by atoms with Crippen LogP contribution in [0.2, 0.25) is 0 Å². The van der Waals surface area contributed by atoms with Crippen molar-refractivity contribution in [1.29, 1.82) is 0 Å². The van der Waals surface area contributed by atoms with Crippen molar-refractivity contribution in [1.82, 2.24) is 10.6 Å². The Bertz CT molecular complexity index is 724. The molecule has 0 heterocycles. The van der Waals surface area contributed by atoms with Crippen molar-refractivity contribution < 1.29 is 19.5 Å². The molecule has 0 aliphatic rings. The first-order valence-corrected chi connectivity index (χ1v) is 7.96. The standard InChI is InChI=1S/C19H20N2O4/c22-13-20-11-9-14-1-5-16(6-2-14)18(23)21-12-10-15-3-7-17(8-4-15)19(24)25/h1-8,13H,9-12H2,(H,20,22)(H,21,23)(H,24,25). The summed E-state index contributed by atoms with van der Waals surface area (Å²) in [6.45, 7) is 1.03. The summed E-state index contributed by atoms with van der Waals surface area (Å²) in [7, 11) is 0. The van der Waals surface area contributed by atoms with Gasteiger partial charge in [-0.3, -0.25) is 9.59 Å². The first-order chi connectivity index (χ1) is 12.1. The zero-order valence-electron chi connectivity index (χ0n) is 13.7. The SMILES string of the molecule is O=CNCCc1ccc(C(=O)NCCc2ccc(C(=O)O)cc2)cc1. The predicted octanol–water partition coefficient (Wildman–Crippen LogP) is 1.65. The van der Waals surface area contributed by atoms with Gasteiger partial charge in [0.2, 0.25) is 6.41 Å². The molecule has 0 saturated heterocycles. The van der Waals surface area contributed by atoms with Crippen molar-refractivity contribution in [3.05, 3.63) is 70.8 Å². The van der Waals surface area contributed by atoms with Gasteiger partial charge >= 0.3 is 5.97 Å². The molecule has 6 nitrogen and oxygen atoms in total. The van der Waals surface area contributed by atoms with Gasteiger partial charge in [-0.25, -0.2) is 4.79 Å². The van der Waals surface area contributed by atoms with Crippen LogP contribution < -0.4 is 10.6 Å². The smallest absolute Gasteiger partial charge is 0.335 e. The van der Waals surface area contributed by atoms with E-state index in [2.05, 4.69) is 10.6 Å². The highest BCUT2D eigenvalue weighted by Gasteiger charge is 2.06.